The highest BCUT2D eigenvalue weighted by Gasteiger charge is 2.06. The molecule has 0 atom stereocenters. The normalized spacial score (nSPS) is 10.2. The van der Waals surface area contributed by atoms with Crippen molar-refractivity contribution in [3.63, 3.8) is 0 Å². The Labute approximate surface area is 78.3 Å². The number of nitrogens with one attached hydrogen (secondary N) is 1. The second-order valence-electron chi connectivity index (χ2n) is 2.43. The van der Waals surface area contributed by atoms with Crippen molar-refractivity contribution < 1.29 is 13.6 Å². The van der Waals surface area contributed by atoms with Crippen LogP contribution in [0.2, 0.25) is 0 Å². The smallest absolute Gasteiger partial charge is 0.268 e. The highest BCUT2D eigenvalue weighted by Crippen LogP contribution is 2.02. The minimum Gasteiger partial charge on any atom is -0.364 e. The van der Waals surface area contributed by atoms with Crippen LogP contribution in [0, 0.1) is 0 Å². The van der Waals surface area contributed by atoms with Crippen molar-refractivity contribution in [2.24, 2.45) is 5.73 Å². The molecule has 0 saturated carbocycles. The molecule has 0 unspecified atom stereocenters. The topological polar surface area (TPSA) is 80.9 Å². The number of anilines is 1. The zero-order chi connectivity index (χ0) is 10.6. The van der Waals surface area contributed by atoms with Crippen molar-refractivity contribution in [1.29, 1.82) is 0 Å². The third-order valence-corrected chi connectivity index (χ3v) is 1.32. The fourth-order valence-corrected chi connectivity index (χ4v) is 0.752. The Kier molecular flexibility index (Phi) is 3.27. The molecule has 1 aromatic heterocycles. The van der Waals surface area contributed by atoms with Crippen LogP contribution in [0.3, 0.4) is 0 Å². The van der Waals surface area contributed by atoms with Gasteiger partial charge in [0.25, 0.3) is 12.3 Å². The van der Waals surface area contributed by atoms with Gasteiger partial charge in [0.2, 0.25) is 0 Å². The van der Waals surface area contributed by atoms with E-state index in [2.05, 4.69) is 15.3 Å². The summed E-state index contributed by atoms with van der Waals surface area (Å²) in [6.07, 6.45) is -0.0981. The molecule has 0 radical (unpaired) electrons. The number of amides is 1. The number of halogens is 2. The van der Waals surface area contributed by atoms with Gasteiger partial charge in [-0.25, -0.2) is 13.8 Å². The van der Waals surface area contributed by atoms with Crippen molar-refractivity contribution >= 4 is 11.7 Å². The quantitative estimate of drug-likeness (QED) is 0.733. The van der Waals surface area contributed by atoms with E-state index in [4.69, 9.17) is 5.73 Å². The molecule has 0 spiro atoms. The number of carbonyl (C=O) groups is 1. The zero-order valence-electron chi connectivity index (χ0n) is 7.08. The van der Waals surface area contributed by atoms with Gasteiger partial charge in [0, 0.05) is 0 Å². The summed E-state index contributed by atoms with van der Waals surface area (Å²) in [5.74, 6) is -0.653. The van der Waals surface area contributed by atoms with Crippen molar-refractivity contribution in [1.82, 2.24) is 9.97 Å². The summed E-state index contributed by atoms with van der Waals surface area (Å²) in [6, 6.07) is 0. The predicted molar refractivity (Wildman–Crippen MR) is 45.0 cm³/mol. The third-order valence-electron chi connectivity index (χ3n) is 1.32. The van der Waals surface area contributed by atoms with E-state index in [0.717, 1.165) is 6.20 Å². The Morgan fingerprint density at radius 2 is 2.29 bits per heavy atom. The first kappa shape index (κ1) is 10.3. The summed E-state index contributed by atoms with van der Waals surface area (Å²) in [5, 5.41) is 2.31. The standard InChI is InChI=1S/C7H8F2N4O/c8-5(9)2-12-6-3-11-1-4(13-6)7(10)14/h1,3,5H,2H2,(H2,10,14)(H,12,13). The molecule has 0 aliphatic rings. The molecule has 0 fully saturated rings. The van der Waals surface area contributed by atoms with Gasteiger partial charge in [0.1, 0.15) is 11.5 Å². The molecule has 0 aliphatic carbocycles. The molecule has 5 nitrogen and oxygen atoms in total. The second kappa shape index (κ2) is 4.45. The number of hydrogen-bond donors (Lipinski definition) is 2. The van der Waals surface area contributed by atoms with Gasteiger partial charge in [0.05, 0.1) is 18.9 Å². The first-order valence-corrected chi connectivity index (χ1v) is 3.73. The number of aromatic nitrogens is 2. The maximum atomic E-state index is 11.8. The van der Waals surface area contributed by atoms with Crippen molar-refractivity contribution in [3.05, 3.63) is 18.1 Å². The van der Waals surface area contributed by atoms with E-state index in [-0.39, 0.29) is 11.5 Å². The highest BCUT2D eigenvalue weighted by atomic mass is 19.3. The van der Waals surface area contributed by atoms with Crippen LogP contribution in [-0.4, -0.2) is 28.8 Å². The maximum absolute atomic E-state index is 11.8. The molecule has 7 heteroatoms. The largest absolute Gasteiger partial charge is 0.364 e. The number of rotatable bonds is 4. The van der Waals surface area contributed by atoms with Gasteiger partial charge in [-0.3, -0.25) is 9.78 Å². The maximum Gasteiger partial charge on any atom is 0.268 e. The van der Waals surface area contributed by atoms with E-state index in [1.54, 1.807) is 0 Å². The first-order chi connectivity index (χ1) is 6.59. The number of hydrogen-bond acceptors (Lipinski definition) is 4. The van der Waals surface area contributed by atoms with Crippen LogP contribution in [0.15, 0.2) is 12.4 Å². The minimum atomic E-state index is -2.49. The molecule has 1 amide bonds. The average Bonchev–Trinajstić information content (AvgIpc) is 2.15. The third kappa shape index (κ3) is 2.92. The number of alkyl halides is 2. The van der Waals surface area contributed by atoms with Crippen molar-refractivity contribution in [2.75, 3.05) is 11.9 Å². The summed E-state index contributed by atoms with van der Waals surface area (Å²) in [5.41, 5.74) is 4.86. The monoisotopic (exact) mass is 202 g/mol. The van der Waals surface area contributed by atoms with Crippen LogP contribution in [0.5, 0.6) is 0 Å². The number of primary amides is 1. The van der Waals surface area contributed by atoms with Gasteiger partial charge < -0.3 is 11.1 Å². The lowest BCUT2D eigenvalue weighted by Crippen LogP contribution is -2.16. The molecule has 1 heterocycles. The van der Waals surface area contributed by atoms with E-state index in [1.807, 2.05) is 0 Å². The molecule has 0 saturated heterocycles. The predicted octanol–water partition coefficient (Wildman–Crippen LogP) is 0.253. The number of nitrogens with zero attached hydrogens (tertiary/aromatic N) is 2. The summed E-state index contributed by atoms with van der Waals surface area (Å²) >= 11 is 0. The van der Waals surface area contributed by atoms with Crippen LogP contribution < -0.4 is 11.1 Å². The Balaban J connectivity index is 2.69. The second-order valence-corrected chi connectivity index (χ2v) is 2.43. The Hall–Kier alpha value is -1.79. The SMILES string of the molecule is NC(=O)c1cncc(NCC(F)F)n1. The molecule has 0 aromatic carbocycles. The summed E-state index contributed by atoms with van der Waals surface area (Å²) in [4.78, 5) is 17.9. The summed E-state index contributed by atoms with van der Waals surface area (Å²) in [6.45, 7) is -0.545. The number of carbonyl (C=O) groups excluding carboxylic acids is 1. The molecule has 3 N–H and O–H groups in total. The van der Waals surface area contributed by atoms with Gasteiger partial charge in [-0.2, -0.15) is 0 Å². The minimum absolute atomic E-state index is 0.0655. The Morgan fingerprint density at radius 1 is 1.57 bits per heavy atom. The first-order valence-electron chi connectivity index (χ1n) is 3.73. The fraction of sp³-hybridized carbons (Fsp3) is 0.286. The van der Waals surface area contributed by atoms with Gasteiger partial charge in [-0.15, -0.1) is 0 Å². The summed E-state index contributed by atoms with van der Waals surface area (Å²) < 4.78 is 23.6. The van der Waals surface area contributed by atoms with Gasteiger partial charge in [0.15, 0.2) is 0 Å². The lowest BCUT2D eigenvalue weighted by molar-refractivity contribution is 0.0995. The zero-order valence-corrected chi connectivity index (χ0v) is 7.08. The van der Waals surface area contributed by atoms with Gasteiger partial charge in [-0.1, -0.05) is 0 Å². The van der Waals surface area contributed by atoms with E-state index < -0.39 is 18.9 Å². The van der Waals surface area contributed by atoms with Crippen LogP contribution >= 0.6 is 0 Å². The molecular formula is C7H8F2N4O. The molecule has 76 valence electrons. The molecule has 1 aromatic rings. The lowest BCUT2D eigenvalue weighted by Gasteiger charge is -2.04. The summed E-state index contributed by atoms with van der Waals surface area (Å²) in [7, 11) is 0. The molecule has 0 bridgehead atoms. The van der Waals surface area contributed by atoms with Gasteiger partial charge >= 0.3 is 0 Å². The van der Waals surface area contributed by atoms with Crippen LogP contribution in [0.4, 0.5) is 14.6 Å². The Morgan fingerprint density at radius 3 is 2.86 bits per heavy atom. The average molecular weight is 202 g/mol. The van der Waals surface area contributed by atoms with Crippen LogP contribution in [-0.2, 0) is 0 Å². The lowest BCUT2D eigenvalue weighted by atomic mass is 10.4. The van der Waals surface area contributed by atoms with Crippen LogP contribution in [0.25, 0.3) is 0 Å². The Bertz CT molecular complexity index is 331. The number of nitrogens with two attached hydrogens (primary N) is 1. The molecule has 0 aliphatic heterocycles. The van der Waals surface area contributed by atoms with E-state index in [1.165, 1.54) is 6.20 Å². The van der Waals surface area contributed by atoms with Crippen molar-refractivity contribution in [3.8, 4) is 0 Å². The van der Waals surface area contributed by atoms with E-state index in [9.17, 15) is 13.6 Å². The van der Waals surface area contributed by atoms with E-state index >= 15 is 0 Å². The highest BCUT2D eigenvalue weighted by molar-refractivity contribution is 5.90. The molecular weight excluding hydrogens is 194 g/mol. The van der Waals surface area contributed by atoms with E-state index in [0.29, 0.717) is 0 Å². The van der Waals surface area contributed by atoms with Crippen LogP contribution in [0.1, 0.15) is 10.5 Å². The molecule has 14 heavy (non-hydrogen) atoms. The fourth-order valence-electron chi connectivity index (χ4n) is 0.752. The molecule has 1 rings (SSSR count). The van der Waals surface area contributed by atoms with Gasteiger partial charge in [-0.05, 0) is 0 Å². The van der Waals surface area contributed by atoms with Crippen molar-refractivity contribution in [2.45, 2.75) is 6.43 Å².